The summed E-state index contributed by atoms with van der Waals surface area (Å²) in [6.07, 6.45) is 4.81. The zero-order chi connectivity index (χ0) is 68.5. The van der Waals surface area contributed by atoms with E-state index in [4.69, 9.17) is 14.2 Å². The molecule has 16 nitrogen and oxygen atoms in total. The molecule has 3 aliphatic heterocycles. The molecule has 0 aliphatic carbocycles. The van der Waals surface area contributed by atoms with Crippen molar-refractivity contribution >= 4 is 11.8 Å². The summed E-state index contributed by atoms with van der Waals surface area (Å²) in [4.78, 5) is 38.7. The number of likely N-dealkylation sites (N-methyl/N-ethyl adjacent to an activating group) is 4. The maximum absolute atomic E-state index is 12.9. The van der Waals surface area contributed by atoms with Crippen LogP contribution < -0.4 is 14.2 Å². The predicted molar refractivity (Wildman–Crippen MR) is 388 cm³/mol. The Bertz CT molecular complexity index is 3320. The molecule has 7 aromatic carbocycles. The van der Waals surface area contributed by atoms with Gasteiger partial charge in [0.25, 0.3) is 0 Å². The first-order chi connectivity index (χ1) is 45.4. The highest BCUT2D eigenvalue weighted by Crippen LogP contribution is 2.41. The molecular formula is C80H111N7O9. The molecule has 3 atom stereocenters. The summed E-state index contributed by atoms with van der Waals surface area (Å²) in [5, 5.41) is 43.3. The fourth-order valence-corrected chi connectivity index (χ4v) is 12.4. The molecule has 3 fully saturated rings. The summed E-state index contributed by atoms with van der Waals surface area (Å²) in [7, 11) is 21.5. The molecule has 3 aliphatic rings. The third-order valence-electron chi connectivity index (χ3n) is 18.5. The van der Waals surface area contributed by atoms with Crippen LogP contribution in [0.15, 0.2) is 188 Å². The lowest BCUT2D eigenvalue weighted by Crippen LogP contribution is -2.51. The highest BCUT2D eigenvalue weighted by atomic mass is 16.5. The van der Waals surface area contributed by atoms with E-state index in [9.17, 15) is 30.0 Å². The number of aliphatic hydroxyl groups is 3. The Labute approximate surface area is 574 Å². The second-order valence-corrected chi connectivity index (χ2v) is 27.2. The number of hydrogen-bond donors (Lipinski definition) is 4. The Balaban J connectivity index is 0.000000204. The maximum atomic E-state index is 12.9. The summed E-state index contributed by atoms with van der Waals surface area (Å²) in [5.74, 6) is 2.34. The lowest BCUT2D eigenvalue weighted by Gasteiger charge is -2.43. The molecule has 0 aromatic heterocycles. The van der Waals surface area contributed by atoms with E-state index < -0.39 is 22.7 Å². The van der Waals surface area contributed by atoms with Gasteiger partial charge in [-0.3, -0.25) is 9.59 Å². The third-order valence-corrected chi connectivity index (χ3v) is 18.5. The molecule has 3 unspecified atom stereocenters. The number of ether oxygens (including phenoxy) is 3. The van der Waals surface area contributed by atoms with Gasteiger partial charge in [0.2, 0.25) is 11.8 Å². The quantitative estimate of drug-likeness (QED) is 0.0506. The van der Waals surface area contributed by atoms with Crippen molar-refractivity contribution in [1.82, 2.24) is 34.3 Å². The van der Waals surface area contributed by atoms with Crippen LogP contribution in [-0.2, 0) is 35.8 Å². The van der Waals surface area contributed by atoms with E-state index in [1.165, 1.54) is 5.56 Å². The Morgan fingerprint density at radius 2 is 0.708 bits per heavy atom. The second-order valence-electron chi connectivity index (χ2n) is 27.2. The third kappa shape index (κ3) is 24.2. The van der Waals surface area contributed by atoms with E-state index in [1.54, 1.807) is 50.1 Å². The van der Waals surface area contributed by atoms with E-state index >= 15 is 0 Å². The molecule has 3 heterocycles. The number of hydrogen-bond acceptors (Lipinski definition) is 14. The first kappa shape index (κ1) is 77.4. The number of phenols is 1. The number of carbonyl (C=O) groups excluding carboxylic acids is 2. The summed E-state index contributed by atoms with van der Waals surface area (Å²) < 4.78 is 17.5. The fourth-order valence-electron chi connectivity index (χ4n) is 12.4. The molecule has 7 aromatic rings. The standard InChI is InChI=1S/C23H30N2O3.C23H32N2O2.C17H19NO2.C16H26N2O2.CH4/c1-24(2)22(26)21(23(27)13-15-25(3)16-14-23)19-9-11-20(12-10-19)28-17-18-7-5-4-6-8-18;1-24(2)17-22(23(26)13-15-25(3)16-14-23)20-9-11-21(12-10-20)27-18-19-7-5-4-6-8-19;1-18(2)17(19)12-14-8-10-16(11-9-14)20-13-15-6-4-3-5-7-15;1-17(2)12-15(13-4-6-14(19)7-5-13)16(20)8-10-18(3)11-9-16;/h4-12,21,27H,13-17H2,1-3H3;4-12,22,26H,13-18H2,1-3H3;3-11H,12-13H2,1-2H3;4-7,15,19-20H,8-12H2,1-3H3;1H4. The molecule has 3 saturated heterocycles. The number of aromatic hydroxyl groups is 1. The topological polar surface area (TPSA) is 165 Å². The molecule has 16 heteroatoms. The van der Waals surface area contributed by atoms with Crippen molar-refractivity contribution in [2.75, 3.05) is 130 Å². The predicted octanol–water partition coefficient (Wildman–Crippen LogP) is 11.3. The van der Waals surface area contributed by atoms with Crippen LogP contribution in [0.2, 0.25) is 0 Å². The zero-order valence-corrected chi connectivity index (χ0v) is 58.3. The monoisotopic (exact) mass is 1310 g/mol. The number of nitrogens with zero attached hydrogens (tertiary/aromatic N) is 7. The number of benzene rings is 7. The average Bonchev–Trinajstić information content (AvgIpc) is 0.902. The minimum absolute atomic E-state index is 0. The minimum atomic E-state index is -1.03. The number of phenolic OH excluding ortho intramolecular Hbond substituents is 1. The minimum Gasteiger partial charge on any atom is -0.508 e. The average molecular weight is 1310 g/mol. The van der Waals surface area contributed by atoms with Crippen LogP contribution in [0.3, 0.4) is 0 Å². The first-order valence-corrected chi connectivity index (χ1v) is 33.4. The SMILES string of the molecule is C.CN(C)C(=O)Cc1ccc(OCc2ccccc2)cc1.CN(C)CC(c1ccc(O)cc1)C1(O)CCN(C)CC1.CN(C)CC(c1ccc(OCc2ccccc2)cc1)C1(O)CCN(C)CC1.CN1CCC(O)(C(C(=O)N(C)C)c2ccc(OCc3ccccc3)cc2)CC1. The number of carbonyl (C=O) groups is 2. The van der Waals surface area contributed by atoms with Crippen LogP contribution in [0.5, 0.6) is 23.0 Å². The smallest absolute Gasteiger partial charge is 0.232 e. The van der Waals surface area contributed by atoms with Crippen molar-refractivity contribution in [1.29, 1.82) is 0 Å². The van der Waals surface area contributed by atoms with Gasteiger partial charge in [-0.1, -0.05) is 147 Å². The molecule has 10 rings (SSSR count). The summed E-state index contributed by atoms with van der Waals surface area (Å²) in [5.41, 5.74) is 5.18. The van der Waals surface area contributed by atoms with Gasteiger partial charge < -0.3 is 68.9 Å². The van der Waals surface area contributed by atoms with Gasteiger partial charge in [-0.15, -0.1) is 0 Å². The van der Waals surface area contributed by atoms with E-state index in [1.807, 2.05) is 173 Å². The largest absolute Gasteiger partial charge is 0.508 e. The Morgan fingerprint density at radius 1 is 0.406 bits per heavy atom. The van der Waals surface area contributed by atoms with Crippen molar-refractivity contribution in [3.05, 3.63) is 227 Å². The summed E-state index contributed by atoms with van der Waals surface area (Å²) in [6, 6.07) is 61.0. The lowest BCUT2D eigenvalue weighted by molar-refractivity contribution is -0.140. The normalized spacial score (nSPS) is 16.8. The number of piperidine rings is 3. The van der Waals surface area contributed by atoms with Gasteiger partial charge in [0.15, 0.2) is 0 Å². The van der Waals surface area contributed by atoms with E-state index in [-0.39, 0.29) is 36.8 Å². The molecule has 520 valence electrons. The van der Waals surface area contributed by atoms with Gasteiger partial charge in [0.05, 0.1) is 29.1 Å². The van der Waals surface area contributed by atoms with E-state index in [0.29, 0.717) is 39.1 Å². The van der Waals surface area contributed by atoms with Crippen LogP contribution in [-0.4, -0.2) is 213 Å². The zero-order valence-electron chi connectivity index (χ0n) is 58.3. The van der Waals surface area contributed by atoms with Gasteiger partial charge >= 0.3 is 0 Å². The molecular weight excluding hydrogens is 1200 g/mol. The van der Waals surface area contributed by atoms with Crippen LogP contribution in [0.1, 0.15) is 103 Å². The van der Waals surface area contributed by atoms with Crippen LogP contribution in [0.4, 0.5) is 0 Å². The van der Waals surface area contributed by atoms with E-state index in [2.05, 4.69) is 77.0 Å². The molecule has 96 heavy (non-hydrogen) atoms. The number of amides is 2. The van der Waals surface area contributed by atoms with Crippen LogP contribution in [0.25, 0.3) is 0 Å². The number of rotatable bonds is 22. The van der Waals surface area contributed by atoms with Crippen molar-refractivity contribution < 1.29 is 44.2 Å². The Hall–Kier alpha value is -7.64. The molecule has 0 saturated carbocycles. The number of likely N-dealkylation sites (tertiary alicyclic amines) is 3. The van der Waals surface area contributed by atoms with E-state index in [0.717, 1.165) is 129 Å². The summed E-state index contributed by atoms with van der Waals surface area (Å²) in [6.45, 7) is 8.58. The summed E-state index contributed by atoms with van der Waals surface area (Å²) >= 11 is 0. The Kier molecular flexibility index (Phi) is 30.4. The molecule has 2 amide bonds. The Morgan fingerprint density at radius 3 is 1.02 bits per heavy atom. The molecule has 4 N–H and O–H groups in total. The highest BCUT2D eigenvalue weighted by molar-refractivity contribution is 5.85. The van der Waals surface area contributed by atoms with Crippen molar-refractivity contribution in [2.45, 2.75) is 107 Å². The molecule has 0 radical (unpaired) electrons. The lowest BCUT2D eigenvalue weighted by atomic mass is 9.75. The van der Waals surface area contributed by atoms with Crippen LogP contribution >= 0.6 is 0 Å². The van der Waals surface area contributed by atoms with Crippen molar-refractivity contribution in [2.24, 2.45) is 0 Å². The highest BCUT2D eigenvalue weighted by Gasteiger charge is 2.45. The van der Waals surface area contributed by atoms with Gasteiger partial charge in [0, 0.05) is 92.4 Å². The van der Waals surface area contributed by atoms with Gasteiger partial charge in [0.1, 0.15) is 42.8 Å². The molecule has 0 bridgehead atoms. The first-order valence-electron chi connectivity index (χ1n) is 33.4. The molecule has 0 spiro atoms. The fraction of sp³-hybridized carbons (Fsp3) is 0.450. The van der Waals surface area contributed by atoms with Crippen LogP contribution in [0, 0.1) is 0 Å². The maximum Gasteiger partial charge on any atom is 0.232 e. The van der Waals surface area contributed by atoms with Gasteiger partial charge in [-0.25, -0.2) is 0 Å². The van der Waals surface area contributed by atoms with Gasteiger partial charge in [-0.05, 0) is 175 Å². The van der Waals surface area contributed by atoms with Gasteiger partial charge in [-0.2, -0.15) is 0 Å². The van der Waals surface area contributed by atoms with Crippen molar-refractivity contribution in [3.8, 4) is 23.0 Å². The van der Waals surface area contributed by atoms with Crippen molar-refractivity contribution in [3.63, 3.8) is 0 Å². The second kappa shape index (κ2) is 37.8.